The van der Waals surface area contributed by atoms with E-state index in [-0.39, 0.29) is 12.1 Å². The first-order valence-corrected chi connectivity index (χ1v) is 6.81. The molecule has 0 unspecified atom stereocenters. The quantitative estimate of drug-likeness (QED) is 0.780. The van der Waals surface area contributed by atoms with Gasteiger partial charge in [0.2, 0.25) is 0 Å². The lowest BCUT2D eigenvalue weighted by Gasteiger charge is -2.43. The number of benzene rings is 2. The third kappa shape index (κ3) is 2.58. The smallest absolute Gasteiger partial charge is 0.293 e. The van der Waals surface area contributed by atoms with Crippen LogP contribution in [0.4, 0.5) is 0 Å². The number of ether oxygens (including phenoxy) is 1. The van der Waals surface area contributed by atoms with Crippen LogP contribution in [0.25, 0.3) is 0 Å². The van der Waals surface area contributed by atoms with Crippen LogP contribution in [0, 0.1) is 0 Å². The molecule has 2 aromatic rings. The van der Waals surface area contributed by atoms with E-state index in [1.807, 2.05) is 12.1 Å². The summed E-state index contributed by atoms with van der Waals surface area (Å²) in [6.07, 6.45) is 0.0300. The molecule has 1 aliphatic rings. The van der Waals surface area contributed by atoms with E-state index < -0.39 is 0 Å². The van der Waals surface area contributed by atoms with Gasteiger partial charge < -0.3 is 4.74 Å². The maximum absolute atomic E-state index is 10.4. The zero-order valence-electron chi connectivity index (χ0n) is 11.2. The first kappa shape index (κ1) is 12.9. The summed E-state index contributed by atoms with van der Waals surface area (Å²) in [5.74, 6) is 0. The zero-order chi connectivity index (χ0) is 13.8. The molecule has 0 saturated carbocycles. The molecule has 1 fully saturated rings. The topological polar surface area (TPSA) is 29.5 Å². The van der Waals surface area contributed by atoms with Crippen molar-refractivity contribution >= 4 is 6.47 Å². The van der Waals surface area contributed by atoms with E-state index in [1.54, 1.807) is 0 Å². The van der Waals surface area contributed by atoms with Crippen molar-refractivity contribution in [2.75, 3.05) is 13.1 Å². The van der Waals surface area contributed by atoms with Gasteiger partial charge in [0, 0.05) is 13.1 Å². The van der Waals surface area contributed by atoms with Crippen molar-refractivity contribution in [3.8, 4) is 0 Å². The summed E-state index contributed by atoms with van der Waals surface area (Å²) in [5.41, 5.74) is 2.53. The Morgan fingerprint density at radius 3 is 1.90 bits per heavy atom. The van der Waals surface area contributed by atoms with E-state index in [1.165, 1.54) is 11.1 Å². The number of hydrogen-bond donors (Lipinski definition) is 0. The molecule has 0 spiro atoms. The summed E-state index contributed by atoms with van der Waals surface area (Å²) in [6.45, 7) is 2.11. The Labute approximate surface area is 118 Å². The van der Waals surface area contributed by atoms with Crippen LogP contribution in [-0.4, -0.2) is 30.6 Å². The minimum absolute atomic E-state index is 0.0300. The van der Waals surface area contributed by atoms with Crippen LogP contribution in [-0.2, 0) is 9.53 Å². The number of carbonyl (C=O) groups is 1. The Kier molecular flexibility index (Phi) is 3.79. The molecule has 0 aliphatic carbocycles. The Hall–Kier alpha value is -2.13. The molecule has 1 saturated heterocycles. The molecule has 0 amide bonds. The summed E-state index contributed by atoms with van der Waals surface area (Å²) in [4.78, 5) is 12.7. The fourth-order valence-electron chi connectivity index (χ4n) is 2.73. The predicted molar refractivity (Wildman–Crippen MR) is 77.2 cm³/mol. The van der Waals surface area contributed by atoms with Gasteiger partial charge in [-0.15, -0.1) is 0 Å². The molecule has 102 valence electrons. The second-order valence-electron chi connectivity index (χ2n) is 5.03. The molecule has 20 heavy (non-hydrogen) atoms. The maximum Gasteiger partial charge on any atom is 0.293 e. The fourth-order valence-corrected chi connectivity index (χ4v) is 2.73. The Morgan fingerprint density at radius 1 is 0.950 bits per heavy atom. The summed E-state index contributed by atoms with van der Waals surface area (Å²) < 4.78 is 5.01. The number of nitrogens with zero attached hydrogens (tertiary/aromatic N) is 1. The number of carbonyl (C=O) groups excluding carboxylic acids is 1. The molecule has 0 atom stereocenters. The van der Waals surface area contributed by atoms with Crippen LogP contribution < -0.4 is 0 Å². The van der Waals surface area contributed by atoms with Crippen LogP contribution in [0.15, 0.2) is 60.7 Å². The highest BCUT2D eigenvalue weighted by Crippen LogP contribution is 2.32. The summed E-state index contributed by atoms with van der Waals surface area (Å²) in [7, 11) is 0. The molecule has 2 aromatic carbocycles. The lowest BCUT2D eigenvalue weighted by atomic mass is 9.94. The van der Waals surface area contributed by atoms with Crippen LogP contribution in [0.1, 0.15) is 17.2 Å². The molecule has 0 radical (unpaired) electrons. The van der Waals surface area contributed by atoms with Crippen LogP contribution in [0.2, 0.25) is 0 Å². The monoisotopic (exact) mass is 267 g/mol. The molecule has 0 bridgehead atoms. The first-order valence-electron chi connectivity index (χ1n) is 6.81. The maximum atomic E-state index is 10.4. The van der Waals surface area contributed by atoms with Gasteiger partial charge in [-0.25, -0.2) is 0 Å². The number of likely N-dealkylation sites (tertiary alicyclic amines) is 1. The van der Waals surface area contributed by atoms with E-state index in [0.717, 1.165) is 13.1 Å². The van der Waals surface area contributed by atoms with E-state index in [0.29, 0.717) is 6.47 Å². The van der Waals surface area contributed by atoms with Gasteiger partial charge >= 0.3 is 0 Å². The molecule has 3 nitrogen and oxygen atoms in total. The Morgan fingerprint density at radius 2 is 1.45 bits per heavy atom. The molecule has 3 heteroatoms. The van der Waals surface area contributed by atoms with E-state index in [9.17, 15) is 4.79 Å². The average Bonchev–Trinajstić information content (AvgIpc) is 2.47. The lowest BCUT2D eigenvalue weighted by Crippen LogP contribution is -2.53. The molecular weight excluding hydrogens is 250 g/mol. The Bertz CT molecular complexity index is 510. The van der Waals surface area contributed by atoms with Crippen molar-refractivity contribution in [3.05, 3.63) is 71.8 Å². The third-order valence-electron chi connectivity index (χ3n) is 3.72. The van der Waals surface area contributed by atoms with Crippen LogP contribution in [0.3, 0.4) is 0 Å². The Balaban J connectivity index is 1.84. The number of rotatable bonds is 5. The average molecular weight is 267 g/mol. The van der Waals surface area contributed by atoms with Crippen molar-refractivity contribution in [2.45, 2.75) is 12.1 Å². The zero-order valence-corrected chi connectivity index (χ0v) is 11.2. The van der Waals surface area contributed by atoms with E-state index in [4.69, 9.17) is 4.74 Å². The lowest BCUT2D eigenvalue weighted by molar-refractivity contribution is -0.143. The van der Waals surface area contributed by atoms with E-state index >= 15 is 0 Å². The van der Waals surface area contributed by atoms with E-state index in [2.05, 4.69) is 53.4 Å². The van der Waals surface area contributed by atoms with Gasteiger partial charge in [0.15, 0.2) is 0 Å². The van der Waals surface area contributed by atoms with Gasteiger partial charge in [0.05, 0.1) is 6.04 Å². The highest BCUT2D eigenvalue weighted by molar-refractivity contribution is 5.38. The standard InChI is InChI=1S/C17H17NO2/c19-13-20-16-11-18(12-16)17(14-7-3-1-4-8-14)15-9-5-2-6-10-15/h1-10,13,16-17H,11-12H2. The summed E-state index contributed by atoms with van der Waals surface area (Å²) in [6, 6.07) is 21.1. The van der Waals surface area contributed by atoms with Gasteiger partial charge in [-0.1, -0.05) is 60.7 Å². The highest BCUT2D eigenvalue weighted by Gasteiger charge is 2.34. The molecule has 1 heterocycles. The fraction of sp³-hybridized carbons (Fsp3) is 0.235. The second kappa shape index (κ2) is 5.88. The third-order valence-corrected chi connectivity index (χ3v) is 3.72. The molecule has 1 aliphatic heterocycles. The van der Waals surface area contributed by atoms with Gasteiger partial charge in [0.1, 0.15) is 6.10 Å². The molecule has 3 rings (SSSR count). The first-order chi connectivity index (χ1) is 9.88. The summed E-state index contributed by atoms with van der Waals surface area (Å²) in [5, 5.41) is 0. The predicted octanol–water partition coefficient (Wildman–Crippen LogP) is 2.63. The molecule has 0 aromatic heterocycles. The SMILES string of the molecule is O=COC1CN(C(c2ccccc2)c2ccccc2)C1. The highest BCUT2D eigenvalue weighted by atomic mass is 16.5. The van der Waals surface area contributed by atoms with Crippen LogP contribution >= 0.6 is 0 Å². The molecule has 0 N–H and O–H groups in total. The van der Waals surface area contributed by atoms with Crippen molar-refractivity contribution in [2.24, 2.45) is 0 Å². The normalized spacial score (nSPS) is 15.8. The number of hydrogen-bond acceptors (Lipinski definition) is 3. The van der Waals surface area contributed by atoms with Crippen molar-refractivity contribution < 1.29 is 9.53 Å². The second-order valence-corrected chi connectivity index (χ2v) is 5.03. The van der Waals surface area contributed by atoms with Crippen LogP contribution in [0.5, 0.6) is 0 Å². The van der Waals surface area contributed by atoms with Gasteiger partial charge in [0.25, 0.3) is 6.47 Å². The minimum Gasteiger partial charge on any atom is -0.462 e. The summed E-state index contributed by atoms with van der Waals surface area (Å²) >= 11 is 0. The van der Waals surface area contributed by atoms with Gasteiger partial charge in [-0.05, 0) is 11.1 Å². The largest absolute Gasteiger partial charge is 0.462 e. The minimum atomic E-state index is 0.0300. The molecular formula is C17H17NO2. The van der Waals surface area contributed by atoms with Gasteiger partial charge in [-0.3, -0.25) is 9.69 Å². The van der Waals surface area contributed by atoms with Crippen molar-refractivity contribution in [1.29, 1.82) is 0 Å². The van der Waals surface area contributed by atoms with Crippen molar-refractivity contribution in [3.63, 3.8) is 0 Å². The van der Waals surface area contributed by atoms with Gasteiger partial charge in [-0.2, -0.15) is 0 Å². The van der Waals surface area contributed by atoms with Crippen molar-refractivity contribution in [1.82, 2.24) is 4.90 Å².